The van der Waals surface area contributed by atoms with Crippen molar-refractivity contribution in [3.63, 3.8) is 0 Å². The van der Waals surface area contributed by atoms with Crippen LogP contribution in [0.25, 0.3) is 0 Å². The number of carbonyl (C=O) groups is 2. The fourth-order valence-corrected chi connectivity index (χ4v) is 3.08. The molecular formula is C15H26N2O3. The van der Waals surface area contributed by atoms with Gasteiger partial charge in [-0.05, 0) is 39.0 Å². The van der Waals surface area contributed by atoms with Crippen LogP contribution < -0.4 is 5.32 Å². The molecule has 2 aliphatic rings. The third-order valence-electron chi connectivity index (χ3n) is 4.29. The molecule has 3 unspecified atom stereocenters. The first kappa shape index (κ1) is 15.3. The summed E-state index contributed by atoms with van der Waals surface area (Å²) in [5.41, 5.74) is 0. The third kappa shape index (κ3) is 3.72. The molecule has 3 atom stereocenters. The first-order valence-electron chi connectivity index (χ1n) is 7.83. The maximum absolute atomic E-state index is 12.4. The maximum Gasteiger partial charge on any atom is 0.245 e. The normalized spacial score (nSPS) is 31.3. The summed E-state index contributed by atoms with van der Waals surface area (Å²) in [6.07, 6.45) is 5.68. The summed E-state index contributed by atoms with van der Waals surface area (Å²) in [5, 5.41) is 2.82. The lowest BCUT2D eigenvalue weighted by molar-refractivity contribution is -0.135. The van der Waals surface area contributed by atoms with Crippen molar-refractivity contribution < 1.29 is 14.3 Å². The molecule has 2 rings (SSSR count). The smallest absolute Gasteiger partial charge is 0.245 e. The van der Waals surface area contributed by atoms with E-state index in [0.717, 1.165) is 38.8 Å². The summed E-state index contributed by atoms with van der Waals surface area (Å²) >= 11 is 0. The zero-order valence-electron chi connectivity index (χ0n) is 12.6. The topological polar surface area (TPSA) is 58.6 Å². The highest BCUT2D eigenvalue weighted by Crippen LogP contribution is 2.19. The lowest BCUT2D eigenvalue weighted by Crippen LogP contribution is -2.46. The van der Waals surface area contributed by atoms with Gasteiger partial charge >= 0.3 is 0 Å². The van der Waals surface area contributed by atoms with E-state index in [1.807, 2.05) is 18.7 Å². The Balaban J connectivity index is 1.88. The summed E-state index contributed by atoms with van der Waals surface area (Å²) in [6.45, 7) is 5.50. The fourth-order valence-electron chi connectivity index (χ4n) is 3.08. The Morgan fingerprint density at radius 2 is 2.20 bits per heavy atom. The quantitative estimate of drug-likeness (QED) is 0.830. The Hall–Kier alpha value is -1.10. The Morgan fingerprint density at radius 1 is 1.40 bits per heavy atom. The Morgan fingerprint density at radius 3 is 2.85 bits per heavy atom. The van der Waals surface area contributed by atoms with Gasteiger partial charge in [0.25, 0.3) is 0 Å². The van der Waals surface area contributed by atoms with Crippen LogP contribution in [0.15, 0.2) is 0 Å². The van der Waals surface area contributed by atoms with Crippen molar-refractivity contribution in [2.75, 3.05) is 13.2 Å². The van der Waals surface area contributed by atoms with E-state index in [-0.39, 0.29) is 23.9 Å². The van der Waals surface area contributed by atoms with Crippen LogP contribution in [0.2, 0.25) is 0 Å². The van der Waals surface area contributed by atoms with Gasteiger partial charge in [0.1, 0.15) is 6.04 Å². The van der Waals surface area contributed by atoms with Crippen LogP contribution in [0, 0.1) is 0 Å². The zero-order valence-corrected chi connectivity index (χ0v) is 12.6. The molecule has 0 aromatic heterocycles. The standard InChI is InChI=1S/C15H26N2O3/c1-3-13-15(19)17(11(2)10-14(18)16-13)8-4-6-12-7-5-9-20-12/h11-13H,3-10H2,1-2H3,(H,16,18). The molecule has 0 spiro atoms. The molecule has 2 heterocycles. The minimum atomic E-state index is -0.352. The predicted octanol–water partition coefficient (Wildman–Crippen LogP) is 1.46. The lowest BCUT2D eigenvalue weighted by Gasteiger charge is -2.28. The highest BCUT2D eigenvalue weighted by molar-refractivity contribution is 5.90. The second-order valence-electron chi connectivity index (χ2n) is 5.89. The highest BCUT2D eigenvalue weighted by atomic mass is 16.5. The van der Waals surface area contributed by atoms with Gasteiger partial charge in [-0.1, -0.05) is 6.92 Å². The van der Waals surface area contributed by atoms with Crippen molar-refractivity contribution in [3.05, 3.63) is 0 Å². The van der Waals surface area contributed by atoms with Gasteiger partial charge in [0.15, 0.2) is 0 Å². The molecule has 0 radical (unpaired) electrons. The molecule has 114 valence electrons. The number of hydrogen-bond donors (Lipinski definition) is 1. The van der Waals surface area contributed by atoms with E-state index < -0.39 is 0 Å². The molecule has 2 fully saturated rings. The predicted molar refractivity (Wildman–Crippen MR) is 76.2 cm³/mol. The van der Waals surface area contributed by atoms with Gasteiger partial charge < -0.3 is 15.0 Å². The van der Waals surface area contributed by atoms with Crippen LogP contribution in [0.3, 0.4) is 0 Å². The summed E-state index contributed by atoms with van der Waals surface area (Å²) in [6, 6.07) is -0.362. The maximum atomic E-state index is 12.4. The molecule has 5 nitrogen and oxygen atoms in total. The van der Waals surface area contributed by atoms with E-state index in [4.69, 9.17) is 4.74 Å². The minimum absolute atomic E-state index is 0.0106. The monoisotopic (exact) mass is 282 g/mol. The molecule has 1 N–H and O–H groups in total. The number of carbonyl (C=O) groups excluding carboxylic acids is 2. The van der Waals surface area contributed by atoms with Gasteiger partial charge in [-0.25, -0.2) is 0 Å². The van der Waals surface area contributed by atoms with E-state index in [1.165, 1.54) is 0 Å². The van der Waals surface area contributed by atoms with Crippen molar-refractivity contribution in [2.45, 2.75) is 70.6 Å². The van der Waals surface area contributed by atoms with E-state index in [0.29, 0.717) is 18.9 Å². The molecule has 0 aromatic rings. The van der Waals surface area contributed by atoms with Gasteiger partial charge in [-0.3, -0.25) is 9.59 Å². The molecule has 2 aliphatic heterocycles. The van der Waals surface area contributed by atoms with Crippen molar-refractivity contribution in [2.24, 2.45) is 0 Å². The number of rotatable bonds is 5. The number of hydrogen-bond acceptors (Lipinski definition) is 3. The fraction of sp³-hybridized carbons (Fsp3) is 0.867. The first-order chi connectivity index (χ1) is 9.61. The molecule has 0 aliphatic carbocycles. The van der Waals surface area contributed by atoms with Crippen molar-refractivity contribution >= 4 is 11.8 Å². The first-order valence-corrected chi connectivity index (χ1v) is 7.83. The van der Waals surface area contributed by atoms with E-state index in [1.54, 1.807) is 0 Å². The summed E-state index contributed by atoms with van der Waals surface area (Å²) in [7, 11) is 0. The van der Waals surface area contributed by atoms with Crippen LogP contribution in [-0.4, -0.2) is 48.1 Å². The van der Waals surface area contributed by atoms with Gasteiger partial charge in [0.2, 0.25) is 11.8 Å². The van der Waals surface area contributed by atoms with Crippen LogP contribution in [0.1, 0.15) is 52.4 Å². The van der Waals surface area contributed by atoms with Crippen LogP contribution >= 0.6 is 0 Å². The van der Waals surface area contributed by atoms with Crippen molar-refractivity contribution in [1.82, 2.24) is 10.2 Å². The average molecular weight is 282 g/mol. The highest BCUT2D eigenvalue weighted by Gasteiger charge is 2.32. The summed E-state index contributed by atoms with van der Waals surface area (Å²) < 4.78 is 5.61. The average Bonchev–Trinajstić information content (AvgIpc) is 2.89. The second kappa shape index (κ2) is 7.07. The molecule has 2 amide bonds. The summed E-state index contributed by atoms with van der Waals surface area (Å²) in [5.74, 6) is 0.0533. The number of nitrogens with one attached hydrogen (secondary N) is 1. The number of amides is 2. The number of nitrogens with zero attached hydrogens (tertiary/aromatic N) is 1. The van der Waals surface area contributed by atoms with Crippen LogP contribution in [0.5, 0.6) is 0 Å². The van der Waals surface area contributed by atoms with E-state index in [2.05, 4.69) is 5.32 Å². The molecule has 0 saturated carbocycles. The van der Waals surface area contributed by atoms with Crippen molar-refractivity contribution in [1.29, 1.82) is 0 Å². The van der Waals surface area contributed by atoms with Crippen molar-refractivity contribution in [3.8, 4) is 0 Å². The van der Waals surface area contributed by atoms with Gasteiger partial charge in [0, 0.05) is 25.6 Å². The molecule has 0 aromatic carbocycles. The largest absolute Gasteiger partial charge is 0.378 e. The van der Waals surface area contributed by atoms with E-state index in [9.17, 15) is 9.59 Å². The molecular weight excluding hydrogens is 256 g/mol. The Bertz CT molecular complexity index is 353. The Labute approximate surface area is 121 Å². The molecule has 0 bridgehead atoms. The van der Waals surface area contributed by atoms with Crippen LogP contribution in [0.4, 0.5) is 0 Å². The molecule has 5 heteroatoms. The van der Waals surface area contributed by atoms with Gasteiger partial charge in [-0.2, -0.15) is 0 Å². The van der Waals surface area contributed by atoms with E-state index >= 15 is 0 Å². The van der Waals surface area contributed by atoms with Gasteiger partial charge in [0.05, 0.1) is 6.10 Å². The third-order valence-corrected chi connectivity index (χ3v) is 4.29. The summed E-state index contributed by atoms with van der Waals surface area (Å²) in [4.78, 5) is 26.0. The second-order valence-corrected chi connectivity index (χ2v) is 5.89. The Kier molecular flexibility index (Phi) is 5.40. The van der Waals surface area contributed by atoms with Gasteiger partial charge in [-0.15, -0.1) is 0 Å². The number of ether oxygens (including phenoxy) is 1. The lowest BCUT2D eigenvalue weighted by atomic mass is 10.1. The van der Waals surface area contributed by atoms with Crippen LogP contribution in [-0.2, 0) is 14.3 Å². The molecule has 2 saturated heterocycles. The minimum Gasteiger partial charge on any atom is -0.378 e. The molecule has 20 heavy (non-hydrogen) atoms. The zero-order chi connectivity index (χ0) is 14.5. The SMILES string of the molecule is CCC1NC(=O)CC(C)N(CCCC2CCCO2)C1=O.